The monoisotopic (exact) mass is 366 g/mol. The van der Waals surface area contributed by atoms with E-state index in [4.69, 9.17) is 4.74 Å². The molecule has 2 aliphatic heterocycles. The van der Waals surface area contributed by atoms with E-state index < -0.39 is 9.84 Å². The zero-order chi connectivity index (χ0) is 18.0. The third-order valence-corrected chi connectivity index (χ3v) is 6.81. The number of hydrogen-bond acceptors (Lipinski definition) is 5. The molecule has 0 spiro atoms. The first kappa shape index (κ1) is 18.2. The van der Waals surface area contributed by atoms with Crippen molar-refractivity contribution in [2.45, 2.75) is 31.9 Å². The van der Waals surface area contributed by atoms with E-state index in [0.29, 0.717) is 19.5 Å². The van der Waals surface area contributed by atoms with Crippen LogP contribution in [0, 0.1) is 0 Å². The maximum absolute atomic E-state index is 12.4. The Morgan fingerprint density at radius 3 is 2.68 bits per heavy atom. The molecule has 0 radical (unpaired) electrons. The van der Waals surface area contributed by atoms with Crippen LogP contribution in [0.25, 0.3) is 0 Å². The van der Waals surface area contributed by atoms with Crippen LogP contribution in [0.15, 0.2) is 24.3 Å². The van der Waals surface area contributed by atoms with Crippen LogP contribution in [-0.4, -0.2) is 74.5 Å². The smallest absolute Gasteiger partial charge is 0.237 e. The SMILES string of the molecule is CCc1ccccc1OC1CN(C(=O)CN(C)C2CCS(=O)(=O)C2)C1. The second kappa shape index (κ2) is 7.33. The molecule has 0 aromatic heterocycles. The van der Waals surface area contributed by atoms with Gasteiger partial charge in [-0.05, 0) is 31.5 Å². The fourth-order valence-electron chi connectivity index (χ4n) is 3.37. The average molecular weight is 366 g/mol. The van der Waals surface area contributed by atoms with Crippen molar-refractivity contribution < 1.29 is 17.9 Å². The van der Waals surface area contributed by atoms with E-state index in [9.17, 15) is 13.2 Å². The second-order valence-corrected chi connectivity index (χ2v) is 9.20. The number of likely N-dealkylation sites (N-methyl/N-ethyl adjacent to an activating group) is 1. The number of likely N-dealkylation sites (tertiary alicyclic amines) is 1. The van der Waals surface area contributed by atoms with E-state index in [2.05, 4.69) is 13.0 Å². The maximum Gasteiger partial charge on any atom is 0.237 e. The Morgan fingerprint density at radius 1 is 1.32 bits per heavy atom. The molecule has 0 N–H and O–H groups in total. The molecule has 1 atom stereocenters. The molecule has 0 aliphatic carbocycles. The third kappa shape index (κ3) is 4.33. The van der Waals surface area contributed by atoms with Crippen molar-refractivity contribution in [3.8, 4) is 5.75 Å². The van der Waals surface area contributed by atoms with E-state index in [-0.39, 0.29) is 36.1 Å². The fraction of sp³-hybridized carbons (Fsp3) is 0.611. The lowest BCUT2D eigenvalue weighted by Gasteiger charge is -2.40. The number of nitrogens with zero attached hydrogens (tertiary/aromatic N) is 2. The summed E-state index contributed by atoms with van der Waals surface area (Å²) in [5.74, 6) is 1.33. The molecule has 2 fully saturated rings. The van der Waals surface area contributed by atoms with Gasteiger partial charge in [0.1, 0.15) is 11.9 Å². The Hall–Kier alpha value is -1.60. The van der Waals surface area contributed by atoms with E-state index in [1.165, 1.54) is 5.56 Å². The highest BCUT2D eigenvalue weighted by Crippen LogP contribution is 2.23. The summed E-state index contributed by atoms with van der Waals surface area (Å²) in [6.07, 6.45) is 1.57. The minimum atomic E-state index is -2.92. The van der Waals surface area contributed by atoms with Gasteiger partial charge < -0.3 is 9.64 Å². The van der Waals surface area contributed by atoms with Crippen LogP contribution in [-0.2, 0) is 21.1 Å². The molecule has 0 bridgehead atoms. The third-order valence-electron chi connectivity index (χ3n) is 5.06. The normalized spacial score (nSPS) is 22.8. The standard InChI is InChI=1S/C18H26N2O4S/c1-3-14-6-4-5-7-17(14)24-16-10-20(11-16)18(21)12-19(2)15-8-9-25(22,23)13-15/h4-7,15-16H,3,8-13H2,1-2H3. The van der Waals surface area contributed by atoms with Crippen molar-refractivity contribution in [2.75, 3.05) is 38.2 Å². The van der Waals surface area contributed by atoms with Gasteiger partial charge in [0, 0.05) is 6.04 Å². The summed E-state index contributed by atoms with van der Waals surface area (Å²) >= 11 is 0. The van der Waals surface area contributed by atoms with Crippen LogP contribution in [0.4, 0.5) is 0 Å². The zero-order valence-electron chi connectivity index (χ0n) is 14.8. The van der Waals surface area contributed by atoms with Gasteiger partial charge in [0.05, 0.1) is 31.1 Å². The van der Waals surface area contributed by atoms with Crippen molar-refractivity contribution in [2.24, 2.45) is 0 Å². The van der Waals surface area contributed by atoms with E-state index >= 15 is 0 Å². The van der Waals surface area contributed by atoms with Gasteiger partial charge >= 0.3 is 0 Å². The maximum atomic E-state index is 12.4. The number of para-hydroxylation sites is 1. The summed E-state index contributed by atoms with van der Waals surface area (Å²) in [6.45, 7) is 3.54. The first-order valence-electron chi connectivity index (χ1n) is 8.81. The minimum absolute atomic E-state index is 0.0359. The molecular formula is C18H26N2O4S. The molecule has 138 valence electrons. The van der Waals surface area contributed by atoms with Crippen molar-refractivity contribution in [3.63, 3.8) is 0 Å². The summed E-state index contributed by atoms with van der Waals surface area (Å²) in [4.78, 5) is 16.0. The number of amides is 1. The minimum Gasteiger partial charge on any atom is -0.486 e. The van der Waals surface area contributed by atoms with Crippen LogP contribution in [0.2, 0.25) is 0 Å². The Labute approximate surface area is 149 Å². The highest BCUT2D eigenvalue weighted by molar-refractivity contribution is 7.91. The van der Waals surface area contributed by atoms with Gasteiger partial charge in [-0.2, -0.15) is 0 Å². The van der Waals surface area contributed by atoms with Crippen molar-refractivity contribution in [1.82, 2.24) is 9.80 Å². The van der Waals surface area contributed by atoms with Crippen molar-refractivity contribution in [1.29, 1.82) is 0 Å². The Kier molecular flexibility index (Phi) is 5.34. The number of benzene rings is 1. The number of carbonyl (C=O) groups is 1. The van der Waals surface area contributed by atoms with Gasteiger partial charge in [0.15, 0.2) is 9.84 Å². The first-order chi connectivity index (χ1) is 11.9. The molecular weight excluding hydrogens is 340 g/mol. The number of ether oxygens (including phenoxy) is 1. The van der Waals surface area contributed by atoms with E-state index in [1.807, 2.05) is 30.1 Å². The van der Waals surface area contributed by atoms with Crippen LogP contribution in [0.1, 0.15) is 18.9 Å². The Bertz CT molecular complexity index is 728. The Morgan fingerprint density at radius 2 is 2.04 bits per heavy atom. The van der Waals surface area contributed by atoms with Gasteiger partial charge in [0.25, 0.3) is 0 Å². The summed E-state index contributed by atoms with van der Waals surface area (Å²) in [6, 6.07) is 7.94. The lowest BCUT2D eigenvalue weighted by Crippen LogP contribution is -2.58. The molecule has 2 aliphatic rings. The molecule has 1 aromatic carbocycles. The quantitative estimate of drug-likeness (QED) is 0.750. The van der Waals surface area contributed by atoms with Crippen LogP contribution >= 0.6 is 0 Å². The number of hydrogen-bond donors (Lipinski definition) is 0. The van der Waals surface area contributed by atoms with E-state index in [0.717, 1.165) is 12.2 Å². The molecule has 1 unspecified atom stereocenters. The largest absolute Gasteiger partial charge is 0.486 e. The number of carbonyl (C=O) groups excluding carboxylic acids is 1. The zero-order valence-corrected chi connectivity index (χ0v) is 15.7. The lowest BCUT2D eigenvalue weighted by molar-refractivity contribution is -0.141. The molecule has 0 saturated carbocycles. The molecule has 2 heterocycles. The number of aryl methyl sites for hydroxylation is 1. The molecule has 3 rings (SSSR count). The summed E-state index contributed by atoms with van der Waals surface area (Å²) in [7, 11) is -1.10. The summed E-state index contributed by atoms with van der Waals surface area (Å²) < 4.78 is 29.1. The average Bonchev–Trinajstić information content (AvgIpc) is 2.90. The van der Waals surface area contributed by atoms with Crippen LogP contribution < -0.4 is 4.74 Å². The topological polar surface area (TPSA) is 66.9 Å². The summed E-state index contributed by atoms with van der Waals surface area (Å²) in [5, 5.41) is 0. The van der Waals surface area contributed by atoms with Gasteiger partial charge in [-0.3, -0.25) is 9.69 Å². The van der Waals surface area contributed by atoms with Crippen LogP contribution in [0.3, 0.4) is 0 Å². The van der Waals surface area contributed by atoms with E-state index in [1.54, 1.807) is 4.90 Å². The van der Waals surface area contributed by atoms with Crippen molar-refractivity contribution >= 4 is 15.7 Å². The number of sulfone groups is 1. The van der Waals surface area contributed by atoms with Gasteiger partial charge in [-0.15, -0.1) is 0 Å². The highest BCUT2D eigenvalue weighted by atomic mass is 32.2. The molecule has 1 aromatic rings. The summed E-state index contributed by atoms with van der Waals surface area (Å²) in [5.41, 5.74) is 1.18. The Balaban J connectivity index is 1.45. The highest BCUT2D eigenvalue weighted by Gasteiger charge is 2.35. The lowest BCUT2D eigenvalue weighted by atomic mass is 10.1. The molecule has 1 amide bonds. The second-order valence-electron chi connectivity index (χ2n) is 6.97. The first-order valence-corrected chi connectivity index (χ1v) is 10.6. The molecule has 6 nitrogen and oxygen atoms in total. The molecule has 25 heavy (non-hydrogen) atoms. The van der Waals surface area contributed by atoms with Gasteiger partial charge in [0.2, 0.25) is 5.91 Å². The molecule has 7 heteroatoms. The predicted molar refractivity (Wildman–Crippen MR) is 96.5 cm³/mol. The fourth-order valence-corrected chi connectivity index (χ4v) is 5.18. The van der Waals surface area contributed by atoms with Gasteiger partial charge in [-0.1, -0.05) is 25.1 Å². The van der Waals surface area contributed by atoms with Gasteiger partial charge in [-0.25, -0.2) is 8.42 Å². The molecule has 2 saturated heterocycles. The number of rotatable bonds is 6. The van der Waals surface area contributed by atoms with Crippen molar-refractivity contribution in [3.05, 3.63) is 29.8 Å². The predicted octanol–water partition coefficient (Wildman–Crippen LogP) is 0.958. The van der Waals surface area contributed by atoms with Crippen LogP contribution in [0.5, 0.6) is 5.75 Å².